The fraction of sp³-hybridized carbons (Fsp3) is 0.312. The molecule has 2 amide bonds. The van der Waals surface area contributed by atoms with Crippen LogP contribution in [-0.2, 0) is 18.5 Å². The van der Waals surface area contributed by atoms with E-state index in [1.54, 1.807) is 4.68 Å². The smallest absolute Gasteiger partial charge is 0.316 e. The van der Waals surface area contributed by atoms with Gasteiger partial charge < -0.3 is 15.8 Å². The van der Waals surface area contributed by atoms with Gasteiger partial charge in [-0.05, 0) is 43.5 Å². The summed E-state index contributed by atoms with van der Waals surface area (Å²) in [6, 6.07) is 18.7. The fourth-order valence-corrected chi connectivity index (χ4v) is 5.30. The van der Waals surface area contributed by atoms with Gasteiger partial charge in [-0.25, -0.2) is 18.3 Å². The molecule has 4 aromatic rings. The van der Waals surface area contributed by atoms with Crippen molar-refractivity contribution in [1.29, 1.82) is 0 Å². The highest BCUT2D eigenvalue weighted by molar-refractivity contribution is 5.88. The summed E-state index contributed by atoms with van der Waals surface area (Å²) < 4.78 is 38.8. The average molecular weight is 560 g/mol. The zero-order valence-corrected chi connectivity index (χ0v) is 23.7. The van der Waals surface area contributed by atoms with Gasteiger partial charge >= 0.3 is 6.03 Å². The van der Waals surface area contributed by atoms with E-state index in [2.05, 4.69) is 50.0 Å². The van der Waals surface area contributed by atoms with E-state index in [1.165, 1.54) is 0 Å². The summed E-state index contributed by atoms with van der Waals surface area (Å²) in [4.78, 5) is 13.7. The molecule has 0 saturated carbocycles. The van der Waals surface area contributed by atoms with Crippen LogP contribution >= 0.6 is 0 Å². The maximum absolute atomic E-state index is 15.8. The van der Waals surface area contributed by atoms with Crippen molar-refractivity contribution >= 4 is 11.7 Å². The molecular formula is C32H35F2N5O2. The summed E-state index contributed by atoms with van der Waals surface area (Å²) in [5.74, 6) is -0.627. The van der Waals surface area contributed by atoms with Gasteiger partial charge in [0.2, 0.25) is 0 Å². The van der Waals surface area contributed by atoms with Crippen molar-refractivity contribution in [2.45, 2.75) is 46.2 Å². The monoisotopic (exact) mass is 559 g/mol. The van der Waals surface area contributed by atoms with Crippen LogP contribution in [0.5, 0.6) is 5.75 Å². The molecule has 214 valence electrons. The third-order valence-electron chi connectivity index (χ3n) is 7.54. The summed E-state index contributed by atoms with van der Waals surface area (Å²) in [5, 5.41) is 7.10. The number of benzene rings is 3. The van der Waals surface area contributed by atoms with Crippen molar-refractivity contribution in [3.63, 3.8) is 0 Å². The first-order valence-corrected chi connectivity index (χ1v) is 13.8. The summed E-state index contributed by atoms with van der Waals surface area (Å²) >= 11 is 0. The lowest BCUT2D eigenvalue weighted by Crippen LogP contribution is -2.44. The Morgan fingerprint density at radius 3 is 2.49 bits per heavy atom. The number of urea groups is 1. The molecular weight excluding hydrogens is 524 g/mol. The number of carbonyl (C=O) groups is 1. The van der Waals surface area contributed by atoms with Gasteiger partial charge in [0, 0.05) is 42.2 Å². The number of rotatable bonds is 8. The van der Waals surface area contributed by atoms with Crippen LogP contribution in [0.25, 0.3) is 16.9 Å². The number of anilines is 1. The van der Waals surface area contributed by atoms with Gasteiger partial charge in [0.05, 0.1) is 23.7 Å². The number of nitrogens with two attached hydrogens (primary N) is 1. The van der Waals surface area contributed by atoms with E-state index in [9.17, 15) is 4.79 Å². The standard InChI is InChI=1S/C32H35F2N5O2/c1-20(2)19-41-29-13-9-8-12-28(29)39-30(22-16-25(34)27(17-24(22)33)36-31(35)40)23-18-38(15-14-26(23)37-39)32(3,4)21-10-6-5-7-11-21/h5-13,16-17,20H,14-15,18-19H2,1-4H3,(H3,35,36,40). The molecule has 0 unspecified atom stereocenters. The zero-order chi connectivity index (χ0) is 29.3. The minimum Gasteiger partial charge on any atom is -0.491 e. The lowest BCUT2D eigenvalue weighted by atomic mass is 9.89. The Balaban J connectivity index is 1.68. The Kier molecular flexibility index (Phi) is 7.82. The molecule has 2 heterocycles. The number of hydrogen-bond acceptors (Lipinski definition) is 4. The molecule has 0 atom stereocenters. The van der Waals surface area contributed by atoms with Crippen molar-refractivity contribution in [3.05, 3.63) is 95.2 Å². The third-order valence-corrected chi connectivity index (χ3v) is 7.54. The van der Waals surface area contributed by atoms with E-state index >= 15 is 8.78 Å². The van der Waals surface area contributed by atoms with Gasteiger partial charge in [0.1, 0.15) is 23.1 Å². The molecule has 1 aromatic heterocycles. The summed E-state index contributed by atoms with van der Waals surface area (Å²) in [5.41, 5.74) is 8.40. The number of halogens is 2. The number of nitrogens with one attached hydrogen (secondary N) is 1. The van der Waals surface area contributed by atoms with E-state index in [1.807, 2.05) is 42.5 Å². The molecule has 5 rings (SSSR count). The number of fused-ring (bicyclic) bond motifs is 1. The normalized spacial score (nSPS) is 13.7. The van der Waals surface area contributed by atoms with Gasteiger partial charge in [-0.2, -0.15) is 5.10 Å². The number of hydrogen-bond donors (Lipinski definition) is 2. The number of para-hydroxylation sites is 2. The number of amides is 2. The quantitative estimate of drug-likeness (QED) is 0.254. The molecule has 0 spiro atoms. The van der Waals surface area contributed by atoms with Crippen molar-refractivity contribution in [3.8, 4) is 22.7 Å². The Morgan fingerprint density at radius 1 is 1.07 bits per heavy atom. The predicted octanol–water partition coefficient (Wildman–Crippen LogP) is 6.64. The largest absolute Gasteiger partial charge is 0.491 e. The average Bonchev–Trinajstić information content (AvgIpc) is 3.32. The molecule has 1 aliphatic rings. The Morgan fingerprint density at radius 2 is 1.78 bits per heavy atom. The molecule has 41 heavy (non-hydrogen) atoms. The highest BCUT2D eigenvalue weighted by atomic mass is 19.1. The van der Waals surface area contributed by atoms with Gasteiger partial charge in [-0.15, -0.1) is 0 Å². The van der Waals surface area contributed by atoms with Crippen LogP contribution in [0.3, 0.4) is 0 Å². The second-order valence-corrected chi connectivity index (χ2v) is 11.3. The molecule has 0 saturated heterocycles. The fourth-order valence-electron chi connectivity index (χ4n) is 5.30. The Bertz CT molecular complexity index is 1570. The summed E-state index contributed by atoms with van der Waals surface area (Å²) in [7, 11) is 0. The molecule has 3 N–H and O–H groups in total. The lowest BCUT2D eigenvalue weighted by Gasteiger charge is -2.41. The van der Waals surface area contributed by atoms with E-state index in [4.69, 9.17) is 15.6 Å². The second-order valence-electron chi connectivity index (χ2n) is 11.3. The highest BCUT2D eigenvalue weighted by Crippen LogP contribution is 2.40. The van der Waals surface area contributed by atoms with E-state index < -0.39 is 17.7 Å². The van der Waals surface area contributed by atoms with Gasteiger partial charge in [-0.3, -0.25) is 4.90 Å². The topological polar surface area (TPSA) is 85.4 Å². The Labute approximate surface area is 238 Å². The van der Waals surface area contributed by atoms with Crippen molar-refractivity contribution in [1.82, 2.24) is 14.7 Å². The van der Waals surface area contributed by atoms with Crippen LogP contribution in [0, 0.1) is 17.6 Å². The van der Waals surface area contributed by atoms with Crippen LogP contribution in [0.2, 0.25) is 0 Å². The molecule has 7 nitrogen and oxygen atoms in total. The molecule has 3 aromatic carbocycles. The molecule has 0 aliphatic carbocycles. The number of ether oxygens (including phenoxy) is 1. The lowest BCUT2D eigenvalue weighted by molar-refractivity contribution is 0.103. The van der Waals surface area contributed by atoms with Crippen LogP contribution in [-0.4, -0.2) is 33.9 Å². The molecule has 9 heteroatoms. The molecule has 0 fully saturated rings. The summed E-state index contributed by atoms with van der Waals surface area (Å²) in [6.07, 6.45) is 0.631. The molecule has 0 bridgehead atoms. The molecule has 0 radical (unpaired) electrons. The zero-order valence-electron chi connectivity index (χ0n) is 23.7. The van der Waals surface area contributed by atoms with E-state index in [-0.39, 0.29) is 16.8 Å². The SMILES string of the molecule is CC(C)COc1ccccc1-n1nc2c(c1-c1cc(F)c(NC(N)=O)cc1F)CN(C(C)(C)c1ccccc1)CC2. The highest BCUT2D eigenvalue weighted by Gasteiger charge is 2.35. The minimum absolute atomic E-state index is 0.0318. The van der Waals surface area contributed by atoms with Crippen molar-refractivity contribution < 1.29 is 18.3 Å². The van der Waals surface area contributed by atoms with Gasteiger partial charge in [0.15, 0.2) is 0 Å². The van der Waals surface area contributed by atoms with Crippen LogP contribution < -0.4 is 15.8 Å². The molecule has 1 aliphatic heterocycles. The first-order chi connectivity index (χ1) is 19.6. The number of aromatic nitrogens is 2. The van der Waals surface area contributed by atoms with Crippen LogP contribution in [0.4, 0.5) is 19.3 Å². The maximum atomic E-state index is 15.8. The van der Waals surface area contributed by atoms with Crippen molar-refractivity contribution in [2.24, 2.45) is 11.7 Å². The number of primary amides is 1. The predicted molar refractivity (Wildman–Crippen MR) is 156 cm³/mol. The second kappa shape index (κ2) is 11.3. The van der Waals surface area contributed by atoms with Crippen LogP contribution in [0.15, 0.2) is 66.7 Å². The first-order valence-electron chi connectivity index (χ1n) is 13.8. The third kappa shape index (κ3) is 5.67. The van der Waals surface area contributed by atoms with E-state index in [0.717, 1.165) is 35.5 Å². The van der Waals surface area contributed by atoms with Gasteiger partial charge in [0.25, 0.3) is 0 Å². The maximum Gasteiger partial charge on any atom is 0.316 e. The first kappa shape index (κ1) is 28.3. The van der Waals surface area contributed by atoms with Crippen molar-refractivity contribution in [2.75, 3.05) is 18.5 Å². The number of carbonyl (C=O) groups excluding carboxylic acids is 1. The van der Waals surface area contributed by atoms with Crippen LogP contribution in [0.1, 0.15) is 44.5 Å². The van der Waals surface area contributed by atoms with E-state index in [0.29, 0.717) is 42.6 Å². The summed E-state index contributed by atoms with van der Waals surface area (Å²) in [6.45, 7) is 10.2. The number of nitrogens with zero attached hydrogens (tertiary/aromatic N) is 3. The van der Waals surface area contributed by atoms with Gasteiger partial charge in [-0.1, -0.05) is 56.3 Å². The Hall–Kier alpha value is -4.24. The minimum atomic E-state index is -0.978.